The topological polar surface area (TPSA) is 25.8 Å². The fourth-order valence-electron chi connectivity index (χ4n) is 3.09. The summed E-state index contributed by atoms with van der Waals surface area (Å²) in [6, 6.07) is 35.6. The molecular formula is C28H18F2IrN2-2. The van der Waals surface area contributed by atoms with Crippen LogP contribution in [0.1, 0.15) is 0 Å². The summed E-state index contributed by atoms with van der Waals surface area (Å²) >= 11 is 0. The second-order valence-electron chi connectivity index (χ2n) is 6.80. The monoisotopic (exact) mass is 613 g/mol. The first-order chi connectivity index (χ1) is 15.7. The third-order valence-electron chi connectivity index (χ3n) is 4.66. The van der Waals surface area contributed by atoms with E-state index in [1.54, 1.807) is 18.2 Å². The van der Waals surface area contributed by atoms with Crippen LogP contribution in [-0.2, 0) is 20.1 Å². The Morgan fingerprint density at radius 3 is 2.09 bits per heavy atom. The molecule has 0 saturated carbocycles. The van der Waals surface area contributed by atoms with Crippen molar-refractivity contribution in [2.75, 3.05) is 0 Å². The van der Waals surface area contributed by atoms with Crippen molar-refractivity contribution in [3.8, 4) is 33.6 Å². The van der Waals surface area contributed by atoms with Crippen LogP contribution in [0.3, 0.4) is 0 Å². The van der Waals surface area contributed by atoms with E-state index in [-0.39, 0.29) is 25.7 Å². The molecule has 0 amide bonds. The van der Waals surface area contributed by atoms with Gasteiger partial charge in [-0.25, -0.2) is 4.39 Å². The van der Waals surface area contributed by atoms with Gasteiger partial charge >= 0.3 is 0 Å². The predicted molar refractivity (Wildman–Crippen MR) is 122 cm³/mol. The van der Waals surface area contributed by atoms with Gasteiger partial charge in [0.05, 0.1) is 11.6 Å². The Morgan fingerprint density at radius 2 is 1.36 bits per heavy atom. The molecule has 0 saturated heterocycles. The standard InChI is InChI=1S/C17H12N.C11H6F2N.Ir/c1-3-7-14(8-4-1)16-11-12-18-17(13-16)15-9-5-2-6-10-15;12-9-5-3-4-8(11(9)13)10-6-1-2-7-14-10;/h1-9,11-13H;1-3,5-7H;/q2*-1;. The van der Waals surface area contributed by atoms with Gasteiger partial charge in [-0.15, -0.1) is 54.1 Å². The zero-order chi connectivity index (χ0) is 22.2. The van der Waals surface area contributed by atoms with Crippen molar-refractivity contribution >= 4 is 0 Å². The second-order valence-corrected chi connectivity index (χ2v) is 6.80. The van der Waals surface area contributed by atoms with Crippen molar-refractivity contribution in [1.82, 2.24) is 9.97 Å². The van der Waals surface area contributed by atoms with E-state index in [0.29, 0.717) is 5.69 Å². The van der Waals surface area contributed by atoms with Gasteiger partial charge in [-0.1, -0.05) is 54.1 Å². The smallest absolute Gasteiger partial charge is 0.0765 e. The predicted octanol–water partition coefficient (Wildman–Crippen LogP) is 7.04. The summed E-state index contributed by atoms with van der Waals surface area (Å²) in [5.41, 5.74) is 4.80. The van der Waals surface area contributed by atoms with E-state index in [2.05, 4.69) is 40.3 Å². The van der Waals surface area contributed by atoms with Crippen molar-refractivity contribution in [1.29, 1.82) is 0 Å². The van der Waals surface area contributed by atoms with Gasteiger partial charge in [-0.05, 0) is 34.6 Å². The molecule has 0 aliphatic rings. The normalized spacial score (nSPS) is 9.88. The number of hydrogen-bond donors (Lipinski definition) is 0. The first-order valence-corrected chi connectivity index (χ1v) is 9.98. The minimum absolute atomic E-state index is 0. The van der Waals surface area contributed by atoms with Crippen LogP contribution in [0.4, 0.5) is 8.78 Å². The minimum Gasteiger partial charge on any atom is -0.305 e. The van der Waals surface area contributed by atoms with E-state index >= 15 is 0 Å². The first kappa shape index (κ1) is 24.1. The van der Waals surface area contributed by atoms with Gasteiger partial charge < -0.3 is 9.97 Å². The van der Waals surface area contributed by atoms with Gasteiger partial charge in [0.25, 0.3) is 0 Å². The van der Waals surface area contributed by atoms with Crippen molar-refractivity contribution in [2.45, 2.75) is 0 Å². The third-order valence-corrected chi connectivity index (χ3v) is 4.66. The molecule has 0 bridgehead atoms. The largest absolute Gasteiger partial charge is 0.305 e. The average molecular weight is 613 g/mol. The van der Waals surface area contributed by atoms with E-state index in [1.807, 2.05) is 54.7 Å². The number of rotatable bonds is 3. The number of hydrogen-bond acceptors (Lipinski definition) is 2. The first-order valence-electron chi connectivity index (χ1n) is 9.98. The van der Waals surface area contributed by atoms with Crippen LogP contribution in [-0.4, -0.2) is 9.97 Å². The van der Waals surface area contributed by atoms with E-state index < -0.39 is 11.6 Å². The molecule has 0 atom stereocenters. The molecule has 2 aromatic heterocycles. The molecule has 33 heavy (non-hydrogen) atoms. The third kappa shape index (κ3) is 6.26. The number of aromatic nitrogens is 2. The summed E-state index contributed by atoms with van der Waals surface area (Å²) in [5.74, 6) is -1.80. The number of benzene rings is 3. The van der Waals surface area contributed by atoms with Crippen molar-refractivity contribution < 1.29 is 28.9 Å². The Bertz CT molecular complexity index is 1230. The maximum atomic E-state index is 13.2. The molecule has 5 rings (SSSR count). The van der Waals surface area contributed by atoms with Crippen LogP contribution in [0, 0.1) is 23.8 Å². The van der Waals surface area contributed by atoms with Crippen LogP contribution >= 0.6 is 0 Å². The molecule has 5 aromatic rings. The molecule has 1 radical (unpaired) electrons. The molecule has 2 nitrogen and oxygen atoms in total. The molecule has 0 unspecified atom stereocenters. The van der Waals surface area contributed by atoms with Crippen LogP contribution in [0.15, 0.2) is 109 Å². The second kappa shape index (κ2) is 11.9. The van der Waals surface area contributed by atoms with Gasteiger partial charge in [0, 0.05) is 32.5 Å². The molecule has 0 spiro atoms. The summed E-state index contributed by atoms with van der Waals surface area (Å²) in [7, 11) is 0. The average Bonchev–Trinajstić information content (AvgIpc) is 2.88. The van der Waals surface area contributed by atoms with Crippen LogP contribution < -0.4 is 0 Å². The van der Waals surface area contributed by atoms with Gasteiger partial charge in [0.1, 0.15) is 0 Å². The van der Waals surface area contributed by atoms with E-state index in [1.165, 1.54) is 23.4 Å². The fourth-order valence-corrected chi connectivity index (χ4v) is 3.09. The summed E-state index contributed by atoms with van der Waals surface area (Å²) in [5, 5.41) is 0. The van der Waals surface area contributed by atoms with Gasteiger partial charge in [-0.2, -0.15) is 0 Å². The van der Waals surface area contributed by atoms with Crippen molar-refractivity contribution in [3.63, 3.8) is 0 Å². The molecule has 5 heteroatoms. The molecule has 0 aliphatic carbocycles. The van der Waals surface area contributed by atoms with Gasteiger partial charge in [0.2, 0.25) is 0 Å². The molecule has 2 heterocycles. The Morgan fingerprint density at radius 1 is 0.606 bits per heavy atom. The number of pyridine rings is 2. The zero-order valence-electron chi connectivity index (χ0n) is 17.4. The Labute approximate surface area is 205 Å². The Hall–Kier alpha value is -3.53. The molecule has 0 aliphatic heterocycles. The summed E-state index contributed by atoms with van der Waals surface area (Å²) in [6.07, 6.45) is 3.37. The zero-order valence-corrected chi connectivity index (χ0v) is 19.8. The molecular weight excluding hydrogens is 595 g/mol. The summed E-state index contributed by atoms with van der Waals surface area (Å²) in [4.78, 5) is 8.32. The van der Waals surface area contributed by atoms with Crippen LogP contribution in [0.25, 0.3) is 33.6 Å². The van der Waals surface area contributed by atoms with E-state index in [4.69, 9.17) is 0 Å². The van der Waals surface area contributed by atoms with Gasteiger partial charge in [-0.3, -0.25) is 4.39 Å². The van der Waals surface area contributed by atoms with Crippen molar-refractivity contribution in [3.05, 3.63) is 133 Å². The van der Waals surface area contributed by atoms with Crippen molar-refractivity contribution in [2.24, 2.45) is 0 Å². The minimum atomic E-state index is -0.911. The molecule has 3 aromatic carbocycles. The van der Waals surface area contributed by atoms with Gasteiger partial charge in [0.15, 0.2) is 0 Å². The SMILES string of the molecule is Fc1cc[c-]c(-c2ccccn2)c1F.[Ir].[c-]1ccccc1-c1cc(-c2ccccc2)ccn1. The summed E-state index contributed by atoms with van der Waals surface area (Å²) in [6.45, 7) is 0. The van der Waals surface area contributed by atoms with E-state index in [9.17, 15) is 8.78 Å². The number of halogens is 2. The number of nitrogens with zero attached hydrogens (tertiary/aromatic N) is 2. The van der Waals surface area contributed by atoms with E-state index in [0.717, 1.165) is 17.3 Å². The fraction of sp³-hybridized carbons (Fsp3) is 0. The maximum absolute atomic E-state index is 13.2. The Kier molecular flexibility index (Phi) is 8.70. The quantitative estimate of drug-likeness (QED) is 0.204. The summed E-state index contributed by atoms with van der Waals surface area (Å²) < 4.78 is 26.1. The van der Waals surface area contributed by atoms with Crippen LogP contribution in [0.5, 0.6) is 0 Å². The molecule has 0 fully saturated rings. The van der Waals surface area contributed by atoms with Crippen LogP contribution in [0.2, 0.25) is 0 Å². The molecule has 165 valence electrons. The Balaban J connectivity index is 0.000000186. The maximum Gasteiger partial charge on any atom is 0.0765 e. The molecule has 0 N–H and O–H groups in total.